The largest absolute Gasteiger partial charge is 0.361 e. The lowest BCUT2D eigenvalue weighted by molar-refractivity contribution is 0.651. The summed E-state index contributed by atoms with van der Waals surface area (Å²) >= 11 is 0. The van der Waals surface area contributed by atoms with Gasteiger partial charge in [0.1, 0.15) is 0 Å². The van der Waals surface area contributed by atoms with Crippen LogP contribution in [0.4, 0.5) is 0 Å². The van der Waals surface area contributed by atoms with Gasteiger partial charge in [-0.25, -0.2) is 0 Å². The lowest BCUT2D eigenvalue weighted by Crippen LogP contribution is -2.15. The van der Waals surface area contributed by atoms with Gasteiger partial charge in [-0.1, -0.05) is 12.1 Å². The van der Waals surface area contributed by atoms with Gasteiger partial charge >= 0.3 is 0 Å². The Morgan fingerprint density at radius 3 is 3.10 bits per heavy atom. The molecule has 2 heterocycles. The Kier molecular flexibility index (Phi) is 3.83. The maximum Gasteiger partial charge on any atom is 0.0521 e. The summed E-state index contributed by atoms with van der Waals surface area (Å²) < 4.78 is 1.86. The Morgan fingerprint density at radius 1 is 1.30 bits per heavy atom. The van der Waals surface area contributed by atoms with Crippen LogP contribution in [0.1, 0.15) is 17.5 Å². The average molecular weight is 268 g/mol. The van der Waals surface area contributed by atoms with E-state index in [0.717, 1.165) is 25.9 Å². The Labute approximate surface area is 118 Å². The second-order valence-corrected chi connectivity index (χ2v) is 5.16. The first kappa shape index (κ1) is 12.9. The second kappa shape index (κ2) is 5.92. The van der Waals surface area contributed by atoms with Crippen molar-refractivity contribution in [2.45, 2.75) is 19.4 Å². The first-order chi connectivity index (χ1) is 9.83. The lowest BCUT2D eigenvalue weighted by atomic mass is 10.1. The fourth-order valence-corrected chi connectivity index (χ4v) is 2.55. The minimum absolute atomic E-state index is 0.919. The molecule has 1 aromatic carbocycles. The van der Waals surface area contributed by atoms with E-state index in [-0.39, 0.29) is 0 Å². The molecule has 0 aliphatic rings. The zero-order valence-electron chi connectivity index (χ0n) is 11.8. The van der Waals surface area contributed by atoms with E-state index in [0.29, 0.717) is 0 Å². The van der Waals surface area contributed by atoms with E-state index >= 15 is 0 Å². The number of aryl methyl sites for hydroxylation is 2. The van der Waals surface area contributed by atoms with E-state index in [1.807, 2.05) is 24.1 Å². The molecule has 0 radical (unpaired) electrons. The molecular weight excluding hydrogens is 248 g/mol. The molecule has 20 heavy (non-hydrogen) atoms. The summed E-state index contributed by atoms with van der Waals surface area (Å²) in [5.41, 5.74) is 3.87. The molecule has 4 nitrogen and oxygen atoms in total. The van der Waals surface area contributed by atoms with Crippen LogP contribution in [0.5, 0.6) is 0 Å². The highest BCUT2D eigenvalue weighted by Crippen LogP contribution is 2.16. The van der Waals surface area contributed by atoms with Crippen LogP contribution in [0.3, 0.4) is 0 Å². The van der Waals surface area contributed by atoms with Gasteiger partial charge < -0.3 is 10.3 Å². The summed E-state index contributed by atoms with van der Waals surface area (Å²) in [6.07, 6.45) is 8.24. The predicted molar refractivity (Wildman–Crippen MR) is 81.5 cm³/mol. The molecule has 0 spiro atoms. The van der Waals surface area contributed by atoms with Crippen molar-refractivity contribution in [3.63, 3.8) is 0 Å². The third-order valence-electron chi connectivity index (χ3n) is 3.58. The number of nitrogens with one attached hydrogen (secondary N) is 2. The van der Waals surface area contributed by atoms with E-state index in [9.17, 15) is 0 Å². The van der Waals surface area contributed by atoms with Crippen LogP contribution in [0.15, 0.2) is 42.9 Å². The number of aromatic nitrogens is 3. The normalized spacial score (nSPS) is 11.2. The van der Waals surface area contributed by atoms with E-state index in [4.69, 9.17) is 0 Å². The topological polar surface area (TPSA) is 45.6 Å². The molecule has 0 atom stereocenters. The minimum Gasteiger partial charge on any atom is -0.361 e. The number of benzene rings is 1. The van der Waals surface area contributed by atoms with Gasteiger partial charge in [0.05, 0.1) is 6.20 Å². The zero-order chi connectivity index (χ0) is 13.8. The third kappa shape index (κ3) is 2.91. The molecule has 104 valence electrons. The SMILES string of the molecule is Cn1cc(CCCNCc2cccc3[nH]ccc23)cn1. The second-order valence-electron chi connectivity index (χ2n) is 5.16. The molecule has 0 aliphatic heterocycles. The van der Waals surface area contributed by atoms with Crippen molar-refractivity contribution in [1.29, 1.82) is 0 Å². The van der Waals surface area contributed by atoms with Gasteiger partial charge in [0.2, 0.25) is 0 Å². The number of hydrogen-bond acceptors (Lipinski definition) is 2. The highest BCUT2D eigenvalue weighted by molar-refractivity contribution is 5.82. The van der Waals surface area contributed by atoms with Crippen molar-refractivity contribution in [3.05, 3.63) is 54.0 Å². The molecule has 0 saturated heterocycles. The van der Waals surface area contributed by atoms with Crippen molar-refractivity contribution in [3.8, 4) is 0 Å². The number of fused-ring (bicyclic) bond motifs is 1. The summed E-state index contributed by atoms with van der Waals surface area (Å²) in [6, 6.07) is 8.54. The Balaban J connectivity index is 1.47. The summed E-state index contributed by atoms with van der Waals surface area (Å²) in [4.78, 5) is 3.25. The summed E-state index contributed by atoms with van der Waals surface area (Å²) in [5, 5.41) is 9.02. The number of aromatic amines is 1. The maximum absolute atomic E-state index is 4.18. The molecule has 4 heteroatoms. The number of nitrogens with zero attached hydrogens (tertiary/aromatic N) is 2. The molecule has 3 rings (SSSR count). The standard InChI is InChI=1S/C16H20N4/c1-20-12-13(10-19-20)4-3-8-17-11-14-5-2-6-16-15(14)7-9-18-16/h2,5-7,9-10,12,17-18H,3-4,8,11H2,1H3. The molecule has 0 saturated carbocycles. The molecule has 0 fully saturated rings. The average Bonchev–Trinajstić information content (AvgIpc) is 3.07. The first-order valence-electron chi connectivity index (χ1n) is 7.06. The van der Waals surface area contributed by atoms with Crippen molar-refractivity contribution < 1.29 is 0 Å². The van der Waals surface area contributed by atoms with E-state index in [1.54, 1.807) is 0 Å². The van der Waals surface area contributed by atoms with Crippen molar-refractivity contribution >= 4 is 10.9 Å². The number of H-pyrrole nitrogens is 1. The van der Waals surface area contributed by atoms with Crippen LogP contribution in [-0.4, -0.2) is 21.3 Å². The Hall–Kier alpha value is -2.07. The fourth-order valence-electron chi connectivity index (χ4n) is 2.55. The molecule has 2 N–H and O–H groups in total. The number of rotatable bonds is 6. The Bertz CT molecular complexity index is 680. The smallest absolute Gasteiger partial charge is 0.0521 e. The summed E-state index contributed by atoms with van der Waals surface area (Å²) in [5.74, 6) is 0. The van der Waals surface area contributed by atoms with Crippen LogP contribution >= 0.6 is 0 Å². The van der Waals surface area contributed by atoms with Gasteiger partial charge in [0, 0.05) is 36.9 Å². The fraction of sp³-hybridized carbons (Fsp3) is 0.312. The molecular formula is C16H20N4. The van der Waals surface area contributed by atoms with Gasteiger partial charge in [-0.2, -0.15) is 5.10 Å². The van der Waals surface area contributed by atoms with Crippen LogP contribution in [0.25, 0.3) is 10.9 Å². The van der Waals surface area contributed by atoms with Crippen molar-refractivity contribution in [2.24, 2.45) is 7.05 Å². The van der Waals surface area contributed by atoms with E-state index in [1.165, 1.54) is 22.0 Å². The molecule has 0 amide bonds. The van der Waals surface area contributed by atoms with Crippen LogP contribution in [0, 0.1) is 0 Å². The molecule has 3 aromatic rings. The summed E-state index contributed by atoms with van der Waals surface area (Å²) in [6.45, 7) is 1.94. The maximum atomic E-state index is 4.18. The van der Waals surface area contributed by atoms with Gasteiger partial charge in [-0.05, 0) is 42.6 Å². The highest BCUT2D eigenvalue weighted by atomic mass is 15.2. The molecule has 0 aliphatic carbocycles. The number of hydrogen-bond donors (Lipinski definition) is 2. The molecule has 0 bridgehead atoms. The van der Waals surface area contributed by atoms with Crippen LogP contribution in [0.2, 0.25) is 0 Å². The van der Waals surface area contributed by atoms with Gasteiger partial charge in [0.15, 0.2) is 0 Å². The lowest BCUT2D eigenvalue weighted by Gasteiger charge is -2.06. The zero-order valence-corrected chi connectivity index (χ0v) is 11.8. The quantitative estimate of drug-likeness (QED) is 0.675. The molecule has 0 unspecified atom stereocenters. The van der Waals surface area contributed by atoms with Crippen molar-refractivity contribution in [1.82, 2.24) is 20.1 Å². The van der Waals surface area contributed by atoms with Crippen LogP contribution < -0.4 is 5.32 Å². The summed E-state index contributed by atoms with van der Waals surface area (Å²) in [7, 11) is 1.96. The van der Waals surface area contributed by atoms with Gasteiger partial charge in [-0.3, -0.25) is 4.68 Å². The predicted octanol–water partition coefficient (Wildman–Crippen LogP) is 2.62. The Morgan fingerprint density at radius 2 is 2.25 bits per heavy atom. The van der Waals surface area contributed by atoms with E-state index in [2.05, 4.69) is 45.9 Å². The van der Waals surface area contributed by atoms with Crippen molar-refractivity contribution in [2.75, 3.05) is 6.54 Å². The van der Waals surface area contributed by atoms with Gasteiger partial charge in [-0.15, -0.1) is 0 Å². The highest BCUT2D eigenvalue weighted by Gasteiger charge is 2.01. The van der Waals surface area contributed by atoms with E-state index < -0.39 is 0 Å². The van der Waals surface area contributed by atoms with Crippen LogP contribution in [-0.2, 0) is 20.0 Å². The first-order valence-corrected chi connectivity index (χ1v) is 7.06. The van der Waals surface area contributed by atoms with Gasteiger partial charge in [0.25, 0.3) is 0 Å². The molecule has 2 aromatic heterocycles. The third-order valence-corrected chi connectivity index (χ3v) is 3.58. The minimum atomic E-state index is 0.919. The monoisotopic (exact) mass is 268 g/mol.